The summed E-state index contributed by atoms with van der Waals surface area (Å²) < 4.78 is 1.33. The quantitative estimate of drug-likeness (QED) is 0.838. The van der Waals surface area contributed by atoms with Crippen LogP contribution in [0.4, 0.5) is 0 Å². The van der Waals surface area contributed by atoms with Crippen molar-refractivity contribution in [3.63, 3.8) is 0 Å². The van der Waals surface area contributed by atoms with Crippen LogP contribution < -0.4 is 0 Å². The Morgan fingerprint density at radius 2 is 1.94 bits per heavy atom. The van der Waals surface area contributed by atoms with E-state index in [1.807, 2.05) is 4.90 Å². The van der Waals surface area contributed by atoms with Gasteiger partial charge in [-0.05, 0) is 41.5 Å². The smallest absolute Gasteiger partial charge is 0.244 e. The molecule has 5 nitrogen and oxygen atoms in total. The normalized spacial score (nSPS) is 24.3. The van der Waals surface area contributed by atoms with Gasteiger partial charge in [-0.3, -0.25) is 4.79 Å². The maximum atomic E-state index is 12.2. The molecular weight excluding hydrogens is 275 g/mol. The fourth-order valence-electron chi connectivity index (χ4n) is 2.49. The second-order valence-corrected chi connectivity index (χ2v) is 5.73. The van der Waals surface area contributed by atoms with E-state index in [-0.39, 0.29) is 23.0 Å². The van der Waals surface area contributed by atoms with E-state index in [0.717, 1.165) is 13.1 Å². The SMILES string of the molecule is C[C@@H]1C[C@@H](C)CN(C(=O)Cn2nc(Cl)nc2Cl)C1. The largest absolute Gasteiger partial charge is 0.341 e. The van der Waals surface area contributed by atoms with Crippen LogP contribution >= 0.6 is 23.2 Å². The summed E-state index contributed by atoms with van der Waals surface area (Å²) in [6, 6.07) is 0. The Balaban J connectivity index is 2.01. The van der Waals surface area contributed by atoms with Gasteiger partial charge in [-0.1, -0.05) is 13.8 Å². The Morgan fingerprint density at radius 1 is 1.33 bits per heavy atom. The number of hydrogen-bond acceptors (Lipinski definition) is 3. The molecule has 18 heavy (non-hydrogen) atoms. The highest BCUT2D eigenvalue weighted by Crippen LogP contribution is 2.21. The second kappa shape index (κ2) is 5.45. The molecule has 0 saturated carbocycles. The molecule has 2 heterocycles. The van der Waals surface area contributed by atoms with E-state index < -0.39 is 0 Å². The van der Waals surface area contributed by atoms with E-state index in [0.29, 0.717) is 11.8 Å². The number of halogens is 2. The van der Waals surface area contributed by atoms with E-state index in [1.165, 1.54) is 11.1 Å². The van der Waals surface area contributed by atoms with Crippen LogP contribution in [0.2, 0.25) is 10.6 Å². The number of rotatable bonds is 2. The molecule has 0 unspecified atom stereocenters. The van der Waals surface area contributed by atoms with Gasteiger partial charge in [0.2, 0.25) is 16.5 Å². The zero-order valence-corrected chi connectivity index (χ0v) is 11.9. The number of carbonyl (C=O) groups excluding carboxylic acids is 1. The number of nitrogens with zero attached hydrogens (tertiary/aromatic N) is 4. The number of hydrogen-bond donors (Lipinski definition) is 0. The predicted octanol–water partition coefficient (Wildman–Crippen LogP) is 2.09. The summed E-state index contributed by atoms with van der Waals surface area (Å²) in [5, 5.41) is 4.08. The number of piperidine rings is 1. The van der Waals surface area contributed by atoms with E-state index in [2.05, 4.69) is 23.9 Å². The summed E-state index contributed by atoms with van der Waals surface area (Å²) in [4.78, 5) is 17.8. The van der Waals surface area contributed by atoms with Gasteiger partial charge >= 0.3 is 0 Å². The van der Waals surface area contributed by atoms with Crippen molar-refractivity contribution in [3.8, 4) is 0 Å². The van der Waals surface area contributed by atoms with Gasteiger partial charge in [-0.25, -0.2) is 4.68 Å². The first-order chi connectivity index (χ1) is 8.45. The van der Waals surface area contributed by atoms with Crippen LogP contribution in [-0.4, -0.2) is 38.7 Å². The Labute approximate surface area is 116 Å². The van der Waals surface area contributed by atoms with E-state index in [1.54, 1.807) is 0 Å². The van der Waals surface area contributed by atoms with E-state index in [9.17, 15) is 4.79 Å². The number of carbonyl (C=O) groups is 1. The minimum absolute atomic E-state index is 0.0110. The third kappa shape index (κ3) is 3.14. The molecule has 0 radical (unpaired) electrons. The van der Waals surface area contributed by atoms with Crippen molar-refractivity contribution >= 4 is 29.1 Å². The van der Waals surface area contributed by atoms with Gasteiger partial charge in [-0.2, -0.15) is 4.98 Å². The Hall–Kier alpha value is -0.810. The first-order valence-electron chi connectivity index (χ1n) is 5.99. The van der Waals surface area contributed by atoms with Crippen molar-refractivity contribution in [1.29, 1.82) is 0 Å². The molecule has 1 fully saturated rings. The average molecular weight is 291 g/mol. The number of likely N-dealkylation sites (tertiary alicyclic amines) is 1. The average Bonchev–Trinajstić information content (AvgIpc) is 2.56. The van der Waals surface area contributed by atoms with Gasteiger partial charge in [0.05, 0.1) is 0 Å². The van der Waals surface area contributed by atoms with Gasteiger partial charge in [0.1, 0.15) is 6.54 Å². The zero-order valence-electron chi connectivity index (χ0n) is 10.4. The number of amides is 1. The molecule has 0 aliphatic carbocycles. The lowest BCUT2D eigenvalue weighted by molar-refractivity contribution is -0.134. The molecule has 1 aromatic rings. The van der Waals surface area contributed by atoms with Crippen molar-refractivity contribution in [3.05, 3.63) is 10.6 Å². The predicted molar refractivity (Wildman–Crippen MR) is 69.6 cm³/mol. The fourth-order valence-corrected chi connectivity index (χ4v) is 2.88. The molecule has 1 aromatic heterocycles. The van der Waals surface area contributed by atoms with Gasteiger partial charge in [0.25, 0.3) is 0 Å². The summed E-state index contributed by atoms with van der Waals surface area (Å²) in [5.41, 5.74) is 0. The molecule has 0 aromatic carbocycles. The van der Waals surface area contributed by atoms with Gasteiger partial charge in [0, 0.05) is 13.1 Å². The van der Waals surface area contributed by atoms with Gasteiger partial charge < -0.3 is 4.90 Å². The van der Waals surface area contributed by atoms with Crippen LogP contribution in [0, 0.1) is 11.8 Å². The van der Waals surface area contributed by atoms with Crippen LogP contribution in [0.5, 0.6) is 0 Å². The molecular formula is C11H16Cl2N4O. The van der Waals surface area contributed by atoms with E-state index in [4.69, 9.17) is 23.2 Å². The summed E-state index contributed by atoms with van der Waals surface area (Å²) in [6.45, 7) is 6.01. The monoisotopic (exact) mass is 290 g/mol. The van der Waals surface area contributed by atoms with Crippen LogP contribution in [0.25, 0.3) is 0 Å². The summed E-state index contributed by atoms with van der Waals surface area (Å²) in [6.07, 6.45) is 1.17. The van der Waals surface area contributed by atoms with Crippen molar-refractivity contribution in [2.75, 3.05) is 13.1 Å². The highest BCUT2D eigenvalue weighted by atomic mass is 35.5. The van der Waals surface area contributed by atoms with Crippen LogP contribution in [0.3, 0.4) is 0 Å². The third-order valence-electron chi connectivity index (χ3n) is 3.11. The highest BCUT2D eigenvalue weighted by Gasteiger charge is 2.26. The van der Waals surface area contributed by atoms with Crippen molar-refractivity contribution in [2.24, 2.45) is 11.8 Å². The van der Waals surface area contributed by atoms with Gasteiger partial charge in [0.15, 0.2) is 0 Å². The molecule has 0 N–H and O–H groups in total. The van der Waals surface area contributed by atoms with Crippen LogP contribution in [-0.2, 0) is 11.3 Å². The maximum absolute atomic E-state index is 12.2. The second-order valence-electron chi connectivity index (χ2n) is 5.05. The van der Waals surface area contributed by atoms with Crippen molar-refractivity contribution in [1.82, 2.24) is 19.7 Å². The molecule has 2 atom stereocenters. The molecule has 1 aliphatic rings. The van der Waals surface area contributed by atoms with Crippen molar-refractivity contribution in [2.45, 2.75) is 26.8 Å². The Morgan fingerprint density at radius 3 is 2.44 bits per heavy atom. The van der Waals surface area contributed by atoms with Gasteiger partial charge in [-0.15, -0.1) is 5.10 Å². The van der Waals surface area contributed by atoms with E-state index >= 15 is 0 Å². The number of aromatic nitrogens is 3. The summed E-state index contributed by atoms with van der Waals surface area (Å²) in [7, 11) is 0. The standard InChI is InChI=1S/C11H16Cl2N4O/c1-7-3-8(2)5-16(4-7)9(18)6-17-11(13)14-10(12)15-17/h7-8H,3-6H2,1-2H3/t7-,8-/m1/s1. The molecule has 100 valence electrons. The molecule has 1 amide bonds. The molecule has 0 spiro atoms. The molecule has 0 bridgehead atoms. The Kier molecular flexibility index (Phi) is 4.12. The summed E-state index contributed by atoms with van der Waals surface area (Å²) >= 11 is 11.4. The third-order valence-corrected chi connectivity index (χ3v) is 3.55. The Bertz CT molecular complexity index is 438. The topological polar surface area (TPSA) is 51.0 Å². The lowest BCUT2D eigenvalue weighted by Crippen LogP contribution is -2.44. The van der Waals surface area contributed by atoms with Crippen molar-refractivity contribution < 1.29 is 4.79 Å². The van der Waals surface area contributed by atoms with Crippen LogP contribution in [0.1, 0.15) is 20.3 Å². The minimum Gasteiger partial charge on any atom is -0.341 e. The van der Waals surface area contributed by atoms with Crippen LogP contribution in [0.15, 0.2) is 0 Å². The molecule has 1 aliphatic heterocycles. The summed E-state index contributed by atoms with van der Waals surface area (Å²) in [5.74, 6) is 1.08. The minimum atomic E-state index is 0.0110. The highest BCUT2D eigenvalue weighted by molar-refractivity contribution is 6.31. The first kappa shape index (κ1) is 13.6. The zero-order chi connectivity index (χ0) is 13.3. The first-order valence-corrected chi connectivity index (χ1v) is 6.75. The molecule has 1 saturated heterocycles. The lowest BCUT2D eigenvalue weighted by Gasteiger charge is -2.35. The molecule has 7 heteroatoms. The maximum Gasteiger partial charge on any atom is 0.244 e. The lowest BCUT2D eigenvalue weighted by atomic mass is 9.92. The molecule has 2 rings (SSSR count). The fraction of sp³-hybridized carbons (Fsp3) is 0.727.